The molecule has 3 unspecified atom stereocenters. The van der Waals surface area contributed by atoms with Crippen LogP contribution in [0.4, 0.5) is 0 Å². The van der Waals surface area contributed by atoms with Gasteiger partial charge in [0.25, 0.3) is 5.91 Å². The van der Waals surface area contributed by atoms with Gasteiger partial charge in [-0.2, -0.15) is 5.26 Å². The molecule has 3 nitrogen and oxygen atoms in total. The number of nitrogens with one attached hydrogen (secondary N) is 1. The van der Waals surface area contributed by atoms with Crippen molar-refractivity contribution in [1.29, 1.82) is 5.26 Å². The standard InChI is InChI=1S/C15H16N2O/c16-9-10-1-4-12(5-2-10)15(18)17-14-8-11-3-6-13(14)7-11/h1-2,4-5,11,13-14H,3,6-8H2,(H,17,18). The van der Waals surface area contributed by atoms with Crippen LogP contribution < -0.4 is 5.32 Å². The fourth-order valence-electron chi connectivity index (χ4n) is 3.37. The third-order valence-electron chi connectivity index (χ3n) is 4.33. The van der Waals surface area contributed by atoms with Crippen LogP contribution in [0.5, 0.6) is 0 Å². The van der Waals surface area contributed by atoms with Crippen LogP contribution in [0.15, 0.2) is 24.3 Å². The maximum atomic E-state index is 12.1. The van der Waals surface area contributed by atoms with Crippen molar-refractivity contribution in [2.75, 3.05) is 0 Å². The Kier molecular flexibility index (Phi) is 2.79. The Balaban J connectivity index is 1.66. The average molecular weight is 240 g/mol. The van der Waals surface area contributed by atoms with Gasteiger partial charge in [0.05, 0.1) is 11.6 Å². The van der Waals surface area contributed by atoms with E-state index in [9.17, 15) is 4.79 Å². The highest BCUT2D eigenvalue weighted by Crippen LogP contribution is 2.44. The second-order valence-electron chi connectivity index (χ2n) is 5.44. The molecule has 0 radical (unpaired) electrons. The Hall–Kier alpha value is -1.82. The smallest absolute Gasteiger partial charge is 0.251 e. The molecule has 3 atom stereocenters. The summed E-state index contributed by atoms with van der Waals surface area (Å²) < 4.78 is 0. The number of rotatable bonds is 2. The molecule has 1 aromatic carbocycles. The van der Waals surface area contributed by atoms with Crippen LogP contribution in [-0.4, -0.2) is 11.9 Å². The first-order chi connectivity index (χ1) is 8.76. The highest BCUT2D eigenvalue weighted by atomic mass is 16.1. The fourth-order valence-corrected chi connectivity index (χ4v) is 3.37. The molecule has 1 aromatic rings. The maximum absolute atomic E-state index is 12.1. The lowest BCUT2D eigenvalue weighted by atomic mass is 9.95. The molecule has 2 aliphatic carbocycles. The Bertz CT molecular complexity index is 500. The van der Waals surface area contributed by atoms with Gasteiger partial charge in [0, 0.05) is 11.6 Å². The molecular weight excluding hydrogens is 224 g/mol. The lowest BCUT2D eigenvalue weighted by Crippen LogP contribution is -2.38. The van der Waals surface area contributed by atoms with Crippen LogP contribution >= 0.6 is 0 Å². The van der Waals surface area contributed by atoms with Crippen LogP contribution in [0.25, 0.3) is 0 Å². The van der Waals surface area contributed by atoms with Gasteiger partial charge in [-0.1, -0.05) is 6.42 Å². The molecular formula is C15H16N2O. The molecule has 2 bridgehead atoms. The van der Waals surface area contributed by atoms with Gasteiger partial charge in [-0.3, -0.25) is 4.79 Å². The van der Waals surface area contributed by atoms with Gasteiger partial charge in [0.2, 0.25) is 0 Å². The Morgan fingerprint density at radius 3 is 2.56 bits per heavy atom. The van der Waals surface area contributed by atoms with E-state index in [1.54, 1.807) is 24.3 Å². The quantitative estimate of drug-likeness (QED) is 0.863. The number of fused-ring (bicyclic) bond motifs is 2. The molecule has 0 spiro atoms. The second kappa shape index (κ2) is 4.45. The highest BCUT2D eigenvalue weighted by Gasteiger charge is 2.40. The number of carbonyl (C=O) groups excluding carboxylic acids is 1. The van der Waals surface area contributed by atoms with Gasteiger partial charge >= 0.3 is 0 Å². The van der Waals surface area contributed by atoms with Gasteiger partial charge in [0.15, 0.2) is 0 Å². The van der Waals surface area contributed by atoms with E-state index in [0.717, 1.165) is 12.3 Å². The van der Waals surface area contributed by atoms with E-state index in [0.29, 0.717) is 23.1 Å². The maximum Gasteiger partial charge on any atom is 0.251 e. The van der Waals surface area contributed by atoms with Gasteiger partial charge in [-0.25, -0.2) is 0 Å². The zero-order valence-electron chi connectivity index (χ0n) is 10.2. The summed E-state index contributed by atoms with van der Waals surface area (Å²) in [6.07, 6.45) is 5.04. The van der Waals surface area contributed by atoms with Crippen LogP contribution in [0.1, 0.15) is 41.6 Å². The first-order valence-electron chi connectivity index (χ1n) is 6.57. The number of carbonyl (C=O) groups is 1. The van der Waals surface area contributed by atoms with Gasteiger partial charge < -0.3 is 5.32 Å². The largest absolute Gasteiger partial charge is 0.349 e. The molecule has 0 aromatic heterocycles. The second-order valence-corrected chi connectivity index (χ2v) is 5.44. The number of benzene rings is 1. The minimum atomic E-state index is -0.00274. The van der Waals surface area contributed by atoms with Crippen LogP contribution in [0.3, 0.4) is 0 Å². The number of amides is 1. The van der Waals surface area contributed by atoms with Crippen molar-refractivity contribution in [1.82, 2.24) is 5.32 Å². The zero-order chi connectivity index (χ0) is 12.5. The lowest BCUT2D eigenvalue weighted by molar-refractivity contribution is 0.0923. The number of nitriles is 1. The Labute approximate surface area is 107 Å². The number of hydrogen-bond acceptors (Lipinski definition) is 2. The molecule has 2 aliphatic rings. The summed E-state index contributed by atoms with van der Waals surface area (Å²) in [5.74, 6) is 1.52. The Morgan fingerprint density at radius 2 is 2.00 bits per heavy atom. The van der Waals surface area contributed by atoms with Crippen molar-refractivity contribution in [3.63, 3.8) is 0 Å². The predicted molar refractivity (Wildman–Crippen MR) is 67.9 cm³/mol. The van der Waals surface area contributed by atoms with E-state index in [-0.39, 0.29) is 5.91 Å². The molecule has 92 valence electrons. The van der Waals surface area contributed by atoms with Gasteiger partial charge in [-0.05, 0) is 55.4 Å². The van der Waals surface area contributed by atoms with E-state index in [2.05, 4.69) is 11.4 Å². The monoisotopic (exact) mass is 240 g/mol. The highest BCUT2D eigenvalue weighted by molar-refractivity contribution is 5.94. The molecule has 1 amide bonds. The van der Waals surface area contributed by atoms with Crippen LogP contribution in [0, 0.1) is 23.2 Å². The minimum absolute atomic E-state index is 0.00274. The summed E-state index contributed by atoms with van der Waals surface area (Å²) in [6.45, 7) is 0. The lowest BCUT2D eigenvalue weighted by Gasteiger charge is -2.22. The van der Waals surface area contributed by atoms with Crippen molar-refractivity contribution in [3.8, 4) is 6.07 Å². The van der Waals surface area contributed by atoms with Crippen molar-refractivity contribution in [3.05, 3.63) is 35.4 Å². The first kappa shape index (κ1) is 11.3. The summed E-state index contributed by atoms with van der Waals surface area (Å²) in [4.78, 5) is 12.1. The molecule has 3 heteroatoms. The van der Waals surface area contributed by atoms with Gasteiger partial charge in [0.1, 0.15) is 0 Å². The average Bonchev–Trinajstić information content (AvgIpc) is 3.01. The summed E-state index contributed by atoms with van der Waals surface area (Å²) >= 11 is 0. The van der Waals surface area contributed by atoms with Crippen LogP contribution in [-0.2, 0) is 0 Å². The van der Waals surface area contributed by atoms with Gasteiger partial charge in [-0.15, -0.1) is 0 Å². The first-order valence-corrected chi connectivity index (χ1v) is 6.57. The zero-order valence-corrected chi connectivity index (χ0v) is 10.2. The van der Waals surface area contributed by atoms with Crippen LogP contribution in [0.2, 0.25) is 0 Å². The normalized spacial score (nSPS) is 28.9. The van der Waals surface area contributed by atoms with E-state index in [1.165, 1.54) is 19.3 Å². The molecule has 3 rings (SSSR count). The SMILES string of the molecule is N#Cc1ccc(C(=O)NC2CC3CCC2C3)cc1. The summed E-state index contributed by atoms with van der Waals surface area (Å²) in [5, 5.41) is 11.9. The van der Waals surface area contributed by atoms with E-state index >= 15 is 0 Å². The van der Waals surface area contributed by atoms with Crippen molar-refractivity contribution in [2.45, 2.75) is 31.7 Å². The van der Waals surface area contributed by atoms with E-state index in [4.69, 9.17) is 5.26 Å². The number of nitrogens with zero attached hydrogens (tertiary/aromatic N) is 1. The topological polar surface area (TPSA) is 52.9 Å². The number of hydrogen-bond donors (Lipinski definition) is 1. The molecule has 0 aliphatic heterocycles. The van der Waals surface area contributed by atoms with Crippen molar-refractivity contribution < 1.29 is 4.79 Å². The molecule has 1 N–H and O–H groups in total. The molecule has 2 fully saturated rings. The van der Waals surface area contributed by atoms with Crippen molar-refractivity contribution >= 4 is 5.91 Å². The summed E-state index contributed by atoms with van der Waals surface area (Å²) in [7, 11) is 0. The predicted octanol–water partition coefficient (Wildman–Crippen LogP) is 2.48. The molecule has 18 heavy (non-hydrogen) atoms. The molecule has 0 saturated heterocycles. The molecule has 0 heterocycles. The van der Waals surface area contributed by atoms with E-state index in [1.807, 2.05) is 0 Å². The minimum Gasteiger partial charge on any atom is -0.349 e. The van der Waals surface area contributed by atoms with E-state index < -0.39 is 0 Å². The summed E-state index contributed by atoms with van der Waals surface area (Å²) in [5.41, 5.74) is 1.24. The fraction of sp³-hybridized carbons (Fsp3) is 0.467. The Morgan fingerprint density at radius 1 is 1.22 bits per heavy atom. The third kappa shape index (κ3) is 1.99. The molecule has 2 saturated carbocycles. The summed E-state index contributed by atoms with van der Waals surface area (Å²) in [6, 6.07) is 9.25. The third-order valence-corrected chi connectivity index (χ3v) is 4.33. The van der Waals surface area contributed by atoms with Crippen molar-refractivity contribution in [2.24, 2.45) is 11.8 Å².